The maximum atomic E-state index is 10.2. The average molecular weight is 590 g/mol. The summed E-state index contributed by atoms with van der Waals surface area (Å²) in [5.41, 5.74) is 4.97. The lowest BCUT2D eigenvalue weighted by molar-refractivity contribution is 1.63. The predicted octanol–water partition coefficient (Wildman–Crippen LogP) is 13.0. The highest BCUT2D eigenvalue weighted by Crippen LogP contribution is 2.47. The van der Waals surface area contributed by atoms with Crippen LogP contribution in [0.4, 0.5) is 0 Å². The summed E-state index contributed by atoms with van der Waals surface area (Å²) in [4.78, 5) is 0. The molecule has 0 atom stereocenters. The molecule has 0 heterocycles. The van der Waals surface area contributed by atoms with E-state index in [1.165, 1.54) is 0 Å². The SMILES string of the molecule is [2H]c1c([2H])c([2H])c2c(-c3cc(-c4ccccc4)cc4ccccc34)c3c([2H])c(-c4cccc5ccccc45)c([2H])c([2H])c3c(-c3ccccc3)c2c1[2H]. The van der Waals surface area contributed by atoms with Crippen LogP contribution >= 0.6 is 0 Å². The standard InChI is InChI=1S/C46H30/c1-3-14-31(15-4-1)36-28-34-19-8-10-22-39(34)43(30-36)46-41-24-12-11-23-40(41)45(33-17-5-2-6-18-33)42-27-26-35(29-44(42)46)38-25-13-20-32-16-7-9-21-37(32)38/h1-30H/i11D,12D,23D,24D,26D,27D,29D. The van der Waals surface area contributed by atoms with Gasteiger partial charge in [-0.1, -0.05) is 164 Å². The molecule has 0 N–H and O–H groups in total. The summed E-state index contributed by atoms with van der Waals surface area (Å²) < 4.78 is 66.2. The van der Waals surface area contributed by atoms with Gasteiger partial charge in [0.1, 0.15) is 0 Å². The zero-order valence-corrected chi connectivity index (χ0v) is 24.8. The fourth-order valence-corrected chi connectivity index (χ4v) is 6.77. The van der Waals surface area contributed by atoms with Crippen LogP contribution in [0.15, 0.2) is 182 Å². The maximum absolute atomic E-state index is 10.2. The largest absolute Gasteiger partial charge is 0.0636 e. The Hall–Kier alpha value is -5.98. The molecular weight excluding hydrogens is 553 g/mol. The van der Waals surface area contributed by atoms with Crippen LogP contribution in [0.3, 0.4) is 0 Å². The molecule has 0 unspecified atom stereocenters. The fourth-order valence-electron chi connectivity index (χ4n) is 6.77. The van der Waals surface area contributed by atoms with E-state index in [4.69, 9.17) is 2.74 Å². The number of hydrogen-bond donors (Lipinski definition) is 0. The number of hydrogen-bond acceptors (Lipinski definition) is 0. The topological polar surface area (TPSA) is 0 Å². The number of fused-ring (bicyclic) bond motifs is 4. The first-order valence-electron chi connectivity index (χ1n) is 18.9. The molecule has 9 rings (SSSR count). The van der Waals surface area contributed by atoms with Gasteiger partial charge in [-0.15, -0.1) is 0 Å². The molecule has 0 amide bonds. The van der Waals surface area contributed by atoms with E-state index in [2.05, 4.69) is 6.07 Å². The second-order valence-corrected chi connectivity index (χ2v) is 11.5. The number of rotatable bonds is 4. The molecule has 0 saturated carbocycles. The Kier molecular flexibility index (Phi) is 4.76. The lowest BCUT2D eigenvalue weighted by Crippen LogP contribution is -1.93. The van der Waals surface area contributed by atoms with Gasteiger partial charge in [0.2, 0.25) is 0 Å². The maximum Gasteiger partial charge on any atom is 0.0636 e. The molecule has 214 valence electrons. The van der Waals surface area contributed by atoms with Crippen molar-refractivity contribution in [3.63, 3.8) is 0 Å². The van der Waals surface area contributed by atoms with Crippen LogP contribution in [-0.4, -0.2) is 0 Å². The molecule has 9 aromatic rings. The summed E-state index contributed by atoms with van der Waals surface area (Å²) in [7, 11) is 0. The first kappa shape index (κ1) is 20.1. The molecule has 46 heavy (non-hydrogen) atoms. The van der Waals surface area contributed by atoms with Gasteiger partial charge in [0.25, 0.3) is 0 Å². The summed E-state index contributed by atoms with van der Waals surface area (Å²) in [6.07, 6.45) is 0. The van der Waals surface area contributed by atoms with Crippen LogP contribution in [0.2, 0.25) is 0 Å². The molecule has 0 aliphatic rings. The third kappa shape index (κ3) is 4.30. The van der Waals surface area contributed by atoms with Gasteiger partial charge in [0, 0.05) is 0 Å². The van der Waals surface area contributed by atoms with E-state index in [-0.39, 0.29) is 53.1 Å². The normalized spacial score (nSPS) is 13.6. The van der Waals surface area contributed by atoms with Gasteiger partial charge >= 0.3 is 0 Å². The molecule has 0 radical (unpaired) electrons. The fraction of sp³-hybridized carbons (Fsp3) is 0. The van der Waals surface area contributed by atoms with E-state index in [9.17, 15) is 6.85 Å². The molecular formula is C46H30. The molecule has 0 aliphatic heterocycles. The van der Waals surface area contributed by atoms with E-state index in [1.54, 1.807) is 0 Å². The Bertz CT molecular complexity index is 2950. The third-order valence-corrected chi connectivity index (χ3v) is 8.86. The Balaban J connectivity index is 1.61. The Labute approximate surface area is 278 Å². The highest BCUT2D eigenvalue weighted by molar-refractivity contribution is 6.24. The van der Waals surface area contributed by atoms with Crippen molar-refractivity contribution in [2.45, 2.75) is 0 Å². The van der Waals surface area contributed by atoms with Crippen molar-refractivity contribution in [2.24, 2.45) is 0 Å². The molecule has 0 saturated heterocycles. The van der Waals surface area contributed by atoms with Gasteiger partial charge in [-0.05, 0) is 106 Å². The van der Waals surface area contributed by atoms with Crippen LogP contribution in [-0.2, 0) is 0 Å². The molecule has 0 heteroatoms. The molecule has 0 aliphatic carbocycles. The quantitative estimate of drug-likeness (QED) is 0.179. The summed E-state index contributed by atoms with van der Waals surface area (Å²) in [5, 5.41) is 4.73. The van der Waals surface area contributed by atoms with Crippen molar-refractivity contribution < 1.29 is 9.60 Å². The molecule has 0 nitrogen and oxygen atoms in total. The minimum Gasteiger partial charge on any atom is -0.0622 e. The zero-order chi connectivity index (χ0) is 36.5. The van der Waals surface area contributed by atoms with Crippen LogP contribution in [0.5, 0.6) is 0 Å². The summed E-state index contributed by atoms with van der Waals surface area (Å²) in [5.74, 6) is 0. The molecule has 0 aromatic heterocycles. The average Bonchev–Trinajstić information content (AvgIpc) is 3.20. The van der Waals surface area contributed by atoms with Crippen LogP contribution in [0, 0.1) is 0 Å². The Morgan fingerprint density at radius 2 is 0.913 bits per heavy atom. The monoisotopic (exact) mass is 589 g/mol. The second kappa shape index (κ2) is 10.9. The van der Waals surface area contributed by atoms with Gasteiger partial charge in [0.05, 0.1) is 9.60 Å². The lowest BCUT2D eigenvalue weighted by Gasteiger charge is -2.20. The minimum absolute atomic E-state index is 0.0213. The van der Waals surface area contributed by atoms with Gasteiger partial charge in [-0.2, -0.15) is 0 Å². The van der Waals surface area contributed by atoms with Crippen molar-refractivity contribution >= 4 is 43.1 Å². The molecule has 0 fully saturated rings. The van der Waals surface area contributed by atoms with Crippen molar-refractivity contribution in [1.82, 2.24) is 0 Å². The highest BCUT2D eigenvalue weighted by Gasteiger charge is 2.20. The molecule has 0 spiro atoms. The van der Waals surface area contributed by atoms with E-state index in [0.717, 1.165) is 32.7 Å². The summed E-state index contributed by atoms with van der Waals surface area (Å²) >= 11 is 0. The Morgan fingerprint density at radius 3 is 1.67 bits per heavy atom. The zero-order valence-electron chi connectivity index (χ0n) is 31.8. The van der Waals surface area contributed by atoms with Crippen LogP contribution in [0.25, 0.3) is 87.6 Å². The Morgan fingerprint density at radius 1 is 0.326 bits per heavy atom. The first-order valence-corrected chi connectivity index (χ1v) is 15.4. The molecule has 9 aromatic carbocycles. The number of benzene rings is 9. The first-order chi connectivity index (χ1) is 25.8. The molecule has 0 bridgehead atoms. The van der Waals surface area contributed by atoms with Crippen LogP contribution < -0.4 is 0 Å². The van der Waals surface area contributed by atoms with Crippen molar-refractivity contribution in [3.05, 3.63) is 182 Å². The van der Waals surface area contributed by atoms with Gasteiger partial charge < -0.3 is 0 Å². The lowest BCUT2D eigenvalue weighted by atomic mass is 9.82. The highest BCUT2D eigenvalue weighted by atomic mass is 14.2. The van der Waals surface area contributed by atoms with E-state index >= 15 is 0 Å². The summed E-state index contributed by atoms with van der Waals surface area (Å²) in [6.45, 7) is 0. The predicted molar refractivity (Wildman–Crippen MR) is 198 cm³/mol. The summed E-state index contributed by atoms with van der Waals surface area (Å²) in [6, 6.07) is 43.4. The van der Waals surface area contributed by atoms with E-state index < -0.39 is 0 Å². The van der Waals surface area contributed by atoms with E-state index in [1.807, 2.05) is 133 Å². The van der Waals surface area contributed by atoms with Crippen molar-refractivity contribution in [2.75, 3.05) is 0 Å². The smallest absolute Gasteiger partial charge is 0.0622 e. The van der Waals surface area contributed by atoms with Gasteiger partial charge in [0.15, 0.2) is 0 Å². The second-order valence-electron chi connectivity index (χ2n) is 11.5. The van der Waals surface area contributed by atoms with Crippen molar-refractivity contribution in [1.29, 1.82) is 0 Å². The van der Waals surface area contributed by atoms with Crippen molar-refractivity contribution in [3.8, 4) is 44.5 Å². The van der Waals surface area contributed by atoms with Gasteiger partial charge in [-0.3, -0.25) is 0 Å². The van der Waals surface area contributed by atoms with Gasteiger partial charge in [-0.25, -0.2) is 0 Å². The minimum atomic E-state index is -0.385. The van der Waals surface area contributed by atoms with E-state index in [0.29, 0.717) is 44.2 Å². The third-order valence-electron chi connectivity index (χ3n) is 8.86. The van der Waals surface area contributed by atoms with Crippen LogP contribution in [0.1, 0.15) is 9.60 Å².